The average Bonchev–Trinajstić information content (AvgIpc) is 3.19. The minimum atomic E-state index is -0.434. The fraction of sp³-hybridized carbons (Fsp3) is 0.167. The molecule has 0 N–H and O–H groups in total. The van der Waals surface area contributed by atoms with Gasteiger partial charge in [0, 0.05) is 15.6 Å². The lowest BCUT2D eigenvalue weighted by atomic mass is 10.1. The second kappa shape index (κ2) is 10.5. The van der Waals surface area contributed by atoms with Gasteiger partial charge in [-0.15, -0.1) is 10.2 Å². The van der Waals surface area contributed by atoms with Crippen LogP contribution in [-0.2, 0) is 6.61 Å². The molecule has 1 aromatic heterocycles. The summed E-state index contributed by atoms with van der Waals surface area (Å²) in [6.07, 6.45) is 0. The van der Waals surface area contributed by atoms with Crippen molar-refractivity contribution in [1.82, 2.24) is 14.8 Å². The van der Waals surface area contributed by atoms with E-state index in [1.807, 2.05) is 90.4 Å². The first-order chi connectivity index (χ1) is 16.0. The number of aromatic nitrogens is 3. The quantitative estimate of drug-likeness (QED) is 0.168. The summed E-state index contributed by atoms with van der Waals surface area (Å²) in [5, 5.41) is 20.7. The number of ether oxygens (including phenoxy) is 1. The monoisotopic (exact) mass is 480 g/mol. The molecule has 168 valence electrons. The molecule has 33 heavy (non-hydrogen) atoms. The molecule has 4 aromatic rings. The SMILES string of the molecule is Cc1nnc(S[C@@H](C[N+](=O)[O-])c2ccc(OCc3ccc(Cl)cc3)cc2)n1-c1ccccc1. The van der Waals surface area contributed by atoms with Gasteiger partial charge in [0.2, 0.25) is 6.54 Å². The smallest absolute Gasteiger partial charge is 0.220 e. The standard InChI is InChI=1S/C24H21ClN4O3S/c1-17-26-27-24(29(17)21-5-3-2-4-6-21)33-23(15-28(30)31)19-9-13-22(14-10-19)32-16-18-7-11-20(25)12-8-18/h2-14,23H,15-16H2,1H3/t23-/m0/s1. The van der Waals surface area contributed by atoms with Crippen LogP contribution in [0.15, 0.2) is 84.0 Å². The first-order valence-electron chi connectivity index (χ1n) is 10.2. The molecule has 0 amide bonds. The Kier molecular flexibility index (Phi) is 7.26. The molecule has 0 saturated carbocycles. The molecule has 0 aliphatic carbocycles. The zero-order valence-corrected chi connectivity index (χ0v) is 19.4. The lowest BCUT2D eigenvalue weighted by Gasteiger charge is -2.15. The van der Waals surface area contributed by atoms with Gasteiger partial charge in [-0.1, -0.05) is 65.8 Å². The maximum atomic E-state index is 11.4. The molecule has 4 rings (SSSR count). The number of rotatable bonds is 9. The van der Waals surface area contributed by atoms with E-state index in [-0.39, 0.29) is 11.5 Å². The highest BCUT2D eigenvalue weighted by molar-refractivity contribution is 7.99. The summed E-state index contributed by atoms with van der Waals surface area (Å²) in [7, 11) is 0. The summed E-state index contributed by atoms with van der Waals surface area (Å²) in [6.45, 7) is 2.03. The van der Waals surface area contributed by atoms with E-state index in [9.17, 15) is 10.1 Å². The van der Waals surface area contributed by atoms with Crippen LogP contribution in [0.1, 0.15) is 22.2 Å². The van der Waals surface area contributed by atoms with Gasteiger partial charge in [-0.05, 0) is 54.4 Å². The molecule has 0 saturated heterocycles. The van der Waals surface area contributed by atoms with E-state index in [1.54, 1.807) is 0 Å². The summed E-state index contributed by atoms with van der Waals surface area (Å²) in [5.41, 5.74) is 2.73. The largest absolute Gasteiger partial charge is 0.489 e. The summed E-state index contributed by atoms with van der Waals surface area (Å²) < 4.78 is 7.74. The minimum absolute atomic E-state index is 0.240. The number of nitrogens with zero attached hydrogens (tertiary/aromatic N) is 4. The number of halogens is 1. The lowest BCUT2D eigenvalue weighted by Crippen LogP contribution is -2.11. The molecule has 0 aliphatic heterocycles. The van der Waals surface area contributed by atoms with Crippen LogP contribution in [0.3, 0.4) is 0 Å². The van der Waals surface area contributed by atoms with Gasteiger partial charge in [-0.25, -0.2) is 0 Å². The second-order valence-electron chi connectivity index (χ2n) is 7.31. The van der Waals surface area contributed by atoms with Crippen molar-refractivity contribution in [1.29, 1.82) is 0 Å². The predicted molar refractivity (Wildman–Crippen MR) is 129 cm³/mol. The van der Waals surface area contributed by atoms with E-state index in [1.165, 1.54) is 11.8 Å². The van der Waals surface area contributed by atoms with Crippen molar-refractivity contribution in [3.63, 3.8) is 0 Å². The number of thioether (sulfide) groups is 1. The van der Waals surface area contributed by atoms with Crippen LogP contribution in [0.2, 0.25) is 5.02 Å². The average molecular weight is 481 g/mol. The van der Waals surface area contributed by atoms with Crippen molar-refractivity contribution in [2.75, 3.05) is 6.54 Å². The number of aryl methyl sites for hydroxylation is 1. The maximum absolute atomic E-state index is 11.4. The molecular formula is C24H21ClN4O3S. The molecule has 0 aliphatic rings. The van der Waals surface area contributed by atoms with Crippen LogP contribution in [0.4, 0.5) is 0 Å². The van der Waals surface area contributed by atoms with Gasteiger partial charge < -0.3 is 4.74 Å². The summed E-state index contributed by atoms with van der Waals surface area (Å²) >= 11 is 7.24. The van der Waals surface area contributed by atoms with Crippen LogP contribution in [-0.4, -0.2) is 26.2 Å². The fourth-order valence-corrected chi connectivity index (χ4v) is 4.59. The van der Waals surface area contributed by atoms with Gasteiger partial charge in [-0.3, -0.25) is 14.7 Å². The van der Waals surface area contributed by atoms with Gasteiger partial charge >= 0.3 is 0 Å². The van der Waals surface area contributed by atoms with Gasteiger partial charge in [0.25, 0.3) is 0 Å². The molecule has 7 nitrogen and oxygen atoms in total. The molecule has 1 atom stereocenters. The van der Waals surface area contributed by atoms with Crippen molar-refractivity contribution in [3.05, 3.63) is 111 Å². The van der Waals surface area contributed by atoms with Crippen molar-refractivity contribution >= 4 is 23.4 Å². The zero-order valence-electron chi connectivity index (χ0n) is 17.8. The highest BCUT2D eigenvalue weighted by Crippen LogP contribution is 2.36. The summed E-state index contributed by atoms with van der Waals surface area (Å²) in [6, 6.07) is 24.5. The molecule has 9 heteroatoms. The van der Waals surface area contributed by atoms with E-state index in [2.05, 4.69) is 10.2 Å². The van der Waals surface area contributed by atoms with E-state index in [0.717, 1.165) is 22.6 Å². The molecule has 0 spiro atoms. The van der Waals surface area contributed by atoms with Crippen LogP contribution in [0, 0.1) is 17.0 Å². The van der Waals surface area contributed by atoms with Crippen molar-refractivity contribution in [2.45, 2.75) is 23.9 Å². The Labute approximate surface area is 200 Å². The van der Waals surface area contributed by atoms with E-state index in [4.69, 9.17) is 16.3 Å². The van der Waals surface area contributed by atoms with Crippen LogP contribution in [0.25, 0.3) is 5.69 Å². The first-order valence-corrected chi connectivity index (χ1v) is 11.5. The number of para-hydroxylation sites is 1. The Morgan fingerprint density at radius 2 is 1.73 bits per heavy atom. The Morgan fingerprint density at radius 3 is 2.39 bits per heavy atom. The maximum Gasteiger partial charge on any atom is 0.220 e. The second-order valence-corrected chi connectivity index (χ2v) is 8.91. The molecule has 0 bridgehead atoms. The van der Waals surface area contributed by atoms with Gasteiger partial charge in [0.05, 0.1) is 0 Å². The third-order valence-corrected chi connectivity index (χ3v) is 6.38. The van der Waals surface area contributed by atoms with Crippen LogP contribution >= 0.6 is 23.4 Å². The van der Waals surface area contributed by atoms with Gasteiger partial charge in [0.15, 0.2) is 5.16 Å². The Hall–Kier alpha value is -3.36. The number of nitro groups is 1. The summed E-state index contributed by atoms with van der Waals surface area (Å²) in [4.78, 5) is 11.1. The highest BCUT2D eigenvalue weighted by atomic mass is 35.5. The Balaban J connectivity index is 1.51. The van der Waals surface area contributed by atoms with E-state index < -0.39 is 5.25 Å². The van der Waals surface area contributed by atoms with E-state index >= 15 is 0 Å². The zero-order chi connectivity index (χ0) is 23.2. The van der Waals surface area contributed by atoms with E-state index in [0.29, 0.717) is 22.5 Å². The Bertz CT molecular complexity index is 1210. The number of hydrogen-bond acceptors (Lipinski definition) is 6. The Morgan fingerprint density at radius 1 is 1.03 bits per heavy atom. The number of hydrogen-bond donors (Lipinski definition) is 0. The third-order valence-electron chi connectivity index (χ3n) is 4.94. The van der Waals surface area contributed by atoms with Crippen molar-refractivity contribution in [2.24, 2.45) is 0 Å². The molecule has 1 heterocycles. The first kappa shape index (κ1) is 22.8. The van der Waals surface area contributed by atoms with Crippen molar-refractivity contribution in [3.8, 4) is 11.4 Å². The minimum Gasteiger partial charge on any atom is -0.489 e. The lowest BCUT2D eigenvalue weighted by molar-refractivity contribution is -0.479. The topological polar surface area (TPSA) is 83.1 Å². The molecule has 0 fully saturated rings. The summed E-state index contributed by atoms with van der Waals surface area (Å²) in [5.74, 6) is 1.40. The van der Waals surface area contributed by atoms with Crippen LogP contribution < -0.4 is 4.74 Å². The van der Waals surface area contributed by atoms with Gasteiger partial charge in [0.1, 0.15) is 23.4 Å². The predicted octanol–water partition coefficient (Wildman–Crippen LogP) is 5.92. The molecule has 3 aromatic carbocycles. The molecule has 0 radical (unpaired) electrons. The fourth-order valence-electron chi connectivity index (χ4n) is 3.29. The number of benzene rings is 3. The molecule has 0 unspecified atom stereocenters. The molecular weight excluding hydrogens is 460 g/mol. The normalized spacial score (nSPS) is 11.8. The van der Waals surface area contributed by atoms with Crippen LogP contribution in [0.5, 0.6) is 5.75 Å². The van der Waals surface area contributed by atoms with Crippen molar-refractivity contribution < 1.29 is 9.66 Å². The van der Waals surface area contributed by atoms with Gasteiger partial charge in [-0.2, -0.15) is 0 Å². The third kappa shape index (κ3) is 5.91. The highest BCUT2D eigenvalue weighted by Gasteiger charge is 2.23.